The third-order valence-electron chi connectivity index (χ3n) is 4.98. The van der Waals surface area contributed by atoms with Crippen LogP contribution in [0, 0.1) is 12.7 Å². The van der Waals surface area contributed by atoms with E-state index in [0.717, 1.165) is 37.3 Å². The standard InChI is InChI=1S/C20H17FN4O2/c1-11-23-15-5-4-13-16(26)9-17(27-19(13)18(15)24-11)12-8-14(21)20(22-10-12)25-6-2-3-7-25/h4-5,8-10H,2-3,6-7H2,1H3,(H,23,24). The maximum atomic E-state index is 14.6. The molecule has 1 aliphatic heterocycles. The van der Waals surface area contributed by atoms with E-state index in [1.54, 1.807) is 18.3 Å². The van der Waals surface area contributed by atoms with Gasteiger partial charge in [0.25, 0.3) is 0 Å². The molecule has 136 valence electrons. The van der Waals surface area contributed by atoms with Crippen molar-refractivity contribution in [3.05, 3.63) is 52.3 Å². The van der Waals surface area contributed by atoms with Crippen molar-refractivity contribution in [2.24, 2.45) is 0 Å². The molecular formula is C20H17FN4O2. The molecule has 0 amide bonds. The number of benzene rings is 1. The topological polar surface area (TPSA) is 75.0 Å². The van der Waals surface area contributed by atoms with Crippen LogP contribution in [0.4, 0.5) is 10.2 Å². The quantitative estimate of drug-likeness (QED) is 0.586. The molecule has 0 aliphatic carbocycles. The van der Waals surface area contributed by atoms with E-state index in [1.807, 2.05) is 11.8 Å². The van der Waals surface area contributed by atoms with E-state index in [1.165, 1.54) is 12.1 Å². The van der Waals surface area contributed by atoms with Crippen LogP contribution >= 0.6 is 0 Å². The number of rotatable bonds is 2. The third-order valence-corrected chi connectivity index (χ3v) is 4.98. The van der Waals surface area contributed by atoms with E-state index in [2.05, 4.69) is 15.0 Å². The predicted octanol–water partition coefficient (Wildman–Crippen LogP) is 3.78. The first-order valence-electron chi connectivity index (χ1n) is 8.94. The molecule has 0 radical (unpaired) electrons. The number of hydrogen-bond donors (Lipinski definition) is 1. The number of hydrogen-bond acceptors (Lipinski definition) is 5. The monoisotopic (exact) mass is 364 g/mol. The van der Waals surface area contributed by atoms with E-state index >= 15 is 0 Å². The maximum Gasteiger partial charge on any atom is 0.193 e. The Labute approximate surface area is 153 Å². The van der Waals surface area contributed by atoms with Crippen molar-refractivity contribution in [1.82, 2.24) is 15.0 Å². The highest BCUT2D eigenvalue weighted by molar-refractivity contribution is 6.00. The summed E-state index contributed by atoms with van der Waals surface area (Å²) in [7, 11) is 0. The van der Waals surface area contributed by atoms with Gasteiger partial charge in [-0.2, -0.15) is 0 Å². The Kier molecular flexibility index (Phi) is 3.50. The van der Waals surface area contributed by atoms with Crippen LogP contribution in [-0.4, -0.2) is 28.0 Å². The molecule has 4 aromatic rings. The summed E-state index contributed by atoms with van der Waals surface area (Å²) in [5.41, 5.74) is 2.00. The average molecular weight is 364 g/mol. The number of halogens is 1. The summed E-state index contributed by atoms with van der Waals surface area (Å²) in [6.45, 7) is 3.46. The number of anilines is 1. The first kappa shape index (κ1) is 16.0. The van der Waals surface area contributed by atoms with E-state index in [9.17, 15) is 9.18 Å². The summed E-state index contributed by atoms with van der Waals surface area (Å²) in [5, 5.41) is 0.444. The first-order chi connectivity index (χ1) is 13.1. The van der Waals surface area contributed by atoms with Crippen molar-refractivity contribution in [1.29, 1.82) is 0 Å². The Hall–Kier alpha value is -3.22. The van der Waals surface area contributed by atoms with Crippen LogP contribution in [0.3, 0.4) is 0 Å². The smallest absolute Gasteiger partial charge is 0.193 e. The Balaban J connectivity index is 1.67. The number of H-pyrrole nitrogens is 1. The molecule has 0 spiro atoms. The summed E-state index contributed by atoms with van der Waals surface area (Å²) < 4.78 is 20.6. The molecule has 0 bridgehead atoms. The van der Waals surface area contributed by atoms with Crippen molar-refractivity contribution < 1.29 is 8.81 Å². The van der Waals surface area contributed by atoms with Gasteiger partial charge in [0, 0.05) is 30.9 Å². The molecule has 0 saturated carbocycles. The van der Waals surface area contributed by atoms with E-state index < -0.39 is 5.82 Å². The lowest BCUT2D eigenvalue weighted by Gasteiger charge is -2.17. The third kappa shape index (κ3) is 2.58. The molecule has 1 saturated heterocycles. The molecular weight excluding hydrogens is 347 g/mol. The number of imidazole rings is 1. The minimum Gasteiger partial charge on any atom is -0.453 e. The van der Waals surface area contributed by atoms with Crippen molar-refractivity contribution in [3.8, 4) is 11.3 Å². The number of nitrogens with one attached hydrogen (secondary N) is 1. The van der Waals surface area contributed by atoms with Crippen molar-refractivity contribution in [2.75, 3.05) is 18.0 Å². The molecule has 1 aliphatic rings. The van der Waals surface area contributed by atoms with Gasteiger partial charge in [0.05, 0.1) is 10.9 Å². The van der Waals surface area contributed by atoms with E-state index in [-0.39, 0.29) is 11.2 Å². The highest BCUT2D eigenvalue weighted by atomic mass is 19.1. The summed E-state index contributed by atoms with van der Waals surface area (Å²) in [6, 6.07) is 6.26. The SMILES string of the molecule is Cc1nc2c(ccc3c(=O)cc(-c4cnc(N5CCCC5)c(F)c4)oc32)[nH]1. The number of aromatic amines is 1. The second kappa shape index (κ2) is 5.90. The maximum absolute atomic E-state index is 14.6. The molecule has 0 atom stereocenters. The second-order valence-corrected chi connectivity index (χ2v) is 6.86. The zero-order valence-electron chi connectivity index (χ0n) is 14.8. The molecule has 1 fully saturated rings. The Morgan fingerprint density at radius 1 is 1.22 bits per heavy atom. The Morgan fingerprint density at radius 2 is 2.04 bits per heavy atom. The van der Waals surface area contributed by atoms with Gasteiger partial charge in [0.15, 0.2) is 22.6 Å². The molecule has 4 heterocycles. The number of aryl methyl sites for hydroxylation is 1. The van der Waals surface area contributed by atoms with Gasteiger partial charge in [-0.25, -0.2) is 14.4 Å². The first-order valence-corrected chi connectivity index (χ1v) is 8.94. The molecule has 27 heavy (non-hydrogen) atoms. The van der Waals surface area contributed by atoms with Crippen molar-refractivity contribution in [2.45, 2.75) is 19.8 Å². The van der Waals surface area contributed by atoms with Crippen LogP contribution in [0.25, 0.3) is 33.3 Å². The molecule has 7 heteroatoms. The minimum atomic E-state index is -0.411. The van der Waals surface area contributed by atoms with Crippen LogP contribution in [-0.2, 0) is 0 Å². The van der Waals surface area contributed by atoms with Gasteiger partial charge < -0.3 is 14.3 Å². The number of aromatic nitrogens is 3. The molecule has 1 N–H and O–H groups in total. The normalized spacial score (nSPS) is 14.5. The van der Waals surface area contributed by atoms with Crippen LogP contribution in [0.15, 0.2) is 39.7 Å². The fourth-order valence-electron chi connectivity index (χ4n) is 3.68. The number of nitrogens with zero attached hydrogens (tertiary/aromatic N) is 3. The largest absolute Gasteiger partial charge is 0.453 e. The minimum absolute atomic E-state index is 0.196. The second-order valence-electron chi connectivity index (χ2n) is 6.86. The Morgan fingerprint density at radius 3 is 2.81 bits per heavy atom. The fourth-order valence-corrected chi connectivity index (χ4v) is 3.68. The lowest BCUT2D eigenvalue weighted by molar-refractivity contribution is 0.605. The lowest BCUT2D eigenvalue weighted by Crippen LogP contribution is -2.20. The molecule has 3 aromatic heterocycles. The zero-order valence-corrected chi connectivity index (χ0v) is 14.8. The molecule has 0 unspecified atom stereocenters. The van der Waals surface area contributed by atoms with E-state index in [4.69, 9.17) is 4.42 Å². The lowest BCUT2D eigenvalue weighted by atomic mass is 10.1. The molecule has 1 aromatic carbocycles. The highest BCUT2D eigenvalue weighted by Crippen LogP contribution is 2.29. The number of fused-ring (bicyclic) bond motifs is 3. The van der Waals surface area contributed by atoms with Gasteiger partial charge in [-0.1, -0.05) is 0 Å². The average Bonchev–Trinajstić information content (AvgIpc) is 3.30. The van der Waals surface area contributed by atoms with Gasteiger partial charge in [-0.05, 0) is 38.0 Å². The van der Waals surface area contributed by atoms with Gasteiger partial charge in [0.1, 0.15) is 17.1 Å². The summed E-state index contributed by atoms with van der Waals surface area (Å²) in [4.78, 5) is 26.3. The summed E-state index contributed by atoms with van der Waals surface area (Å²) in [6.07, 6.45) is 3.64. The fraction of sp³-hybridized carbons (Fsp3) is 0.250. The van der Waals surface area contributed by atoms with Crippen molar-refractivity contribution in [3.63, 3.8) is 0 Å². The molecule has 6 nitrogen and oxygen atoms in total. The summed E-state index contributed by atoms with van der Waals surface area (Å²) >= 11 is 0. The van der Waals surface area contributed by atoms with Crippen LogP contribution < -0.4 is 10.3 Å². The summed E-state index contributed by atoms with van der Waals surface area (Å²) in [5.74, 6) is 0.948. The predicted molar refractivity (Wildman–Crippen MR) is 102 cm³/mol. The Bertz CT molecular complexity index is 1240. The van der Waals surface area contributed by atoms with Gasteiger partial charge in [-0.15, -0.1) is 0 Å². The highest BCUT2D eigenvalue weighted by Gasteiger charge is 2.19. The zero-order chi connectivity index (χ0) is 18.5. The van der Waals surface area contributed by atoms with Gasteiger partial charge in [-0.3, -0.25) is 4.79 Å². The molecule has 5 rings (SSSR count). The van der Waals surface area contributed by atoms with Gasteiger partial charge in [0.2, 0.25) is 0 Å². The van der Waals surface area contributed by atoms with Gasteiger partial charge >= 0.3 is 0 Å². The van der Waals surface area contributed by atoms with Crippen LogP contribution in [0.2, 0.25) is 0 Å². The van der Waals surface area contributed by atoms with Crippen molar-refractivity contribution >= 4 is 27.8 Å². The van der Waals surface area contributed by atoms with Crippen LogP contribution in [0.5, 0.6) is 0 Å². The van der Waals surface area contributed by atoms with Crippen LogP contribution in [0.1, 0.15) is 18.7 Å². The number of pyridine rings is 1. The van der Waals surface area contributed by atoms with E-state index in [0.29, 0.717) is 27.9 Å².